The molecule has 0 saturated heterocycles. The van der Waals surface area contributed by atoms with E-state index in [-0.39, 0.29) is 0 Å². The molecule has 0 unspecified atom stereocenters. The molecule has 0 heterocycles. The first-order valence-corrected chi connectivity index (χ1v) is 6.56. The second kappa shape index (κ2) is 4.45. The molecule has 0 spiro atoms. The Morgan fingerprint density at radius 3 is 2.61 bits per heavy atom. The molecule has 3 aromatic rings. The first-order chi connectivity index (χ1) is 8.74. The Labute approximate surface area is 108 Å². The third-order valence-electron chi connectivity index (χ3n) is 3.35. The Bertz CT molecular complexity index is 693. The van der Waals surface area contributed by atoms with Crippen molar-refractivity contribution in [2.45, 2.75) is 20.3 Å². The normalized spacial score (nSPS) is 11.5. The minimum absolute atomic E-state index is 0.691. The summed E-state index contributed by atoms with van der Waals surface area (Å²) in [6.45, 7) is 4.51. The van der Waals surface area contributed by atoms with E-state index in [9.17, 15) is 0 Å². The predicted molar refractivity (Wildman–Crippen MR) is 78.8 cm³/mol. The summed E-state index contributed by atoms with van der Waals surface area (Å²) in [5.74, 6) is 0.691. The molecule has 0 saturated carbocycles. The van der Waals surface area contributed by atoms with Gasteiger partial charge < -0.3 is 0 Å². The van der Waals surface area contributed by atoms with Crippen molar-refractivity contribution < 1.29 is 0 Å². The van der Waals surface area contributed by atoms with E-state index >= 15 is 0 Å². The second-order valence-electron chi connectivity index (χ2n) is 5.36. The zero-order valence-corrected chi connectivity index (χ0v) is 10.9. The standard InChI is InChI=1S/C18H17/c1-13(2)11-14-7-10-18-16(12-14)9-8-15-5-3-4-6-17(15)18/h3-9,12-13H,11H2,1-2H3. The molecular weight excluding hydrogens is 216 g/mol. The monoisotopic (exact) mass is 233 g/mol. The highest BCUT2D eigenvalue weighted by atomic mass is 14.1. The predicted octanol–water partition coefficient (Wildman–Crippen LogP) is 4.99. The van der Waals surface area contributed by atoms with Crippen molar-refractivity contribution in [1.82, 2.24) is 0 Å². The van der Waals surface area contributed by atoms with E-state index in [1.807, 2.05) is 0 Å². The van der Waals surface area contributed by atoms with Gasteiger partial charge in [0.2, 0.25) is 0 Å². The van der Waals surface area contributed by atoms with Gasteiger partial charge in [0.1, 0.15) is 0 Å². The van der Waals surface area contributed by atoms with Crippen molar-refractivity contribution in [3.05, 3.63) is 60.2 Å². The molecular formula is C18H17. The quantitative estimate of drug-likeness (QED) is 0.547. The molecule has 89 valence electrons. The van der Waals surface area contributed by atoms with Gasteiger partial charge in [0.25, 0.3) is 0 Å². The lowest BCUT2D eigenvalue weighted by Gasteiger charge is -2.08. The van der Waals surface area contributed by atoms with Crippen molar-refractivity contribution in [2.24, 2.45) is 5.92 Å². The minimum Gasteiger partial charge on any atom is -0.0625 e. The SMILES string of the molecule is CC(C)Cc1c[c]c2c(ccc3ccccc32)c1. The van der Waals surface area contributed by atoms with Gasteiger partial charge in [-0.15, -0.1) is 0 Å². The smallest absolute Gasteiger partial charge is 0.00264 e. The highest BCUT2D eigenvalue weighted by Gasteiger charge is 2.03. The van der Waals surface area contributed by atoms with E-state index in [0.717, 1.165) is 6.42 Å². The highest BCUT2D eigenvalue weighted by molar-refractivity contribution is 6.07. The molecule has 0 N–H and O–H groups in total. The van der Waals surface area contributed by atoms with E-state index in [1.165, 1.54) is 27.1 Å². The maximum absolute atomic E-state index is 3.47. The zero-order valence-electron chi connectivity index (χ0n) is 10.9. The molecule has 0 amide bonds. The zero-order chi connectivity index (χ0) is 12.5. The maximum atomic E-state index is 3.47. The molecule has 0 aromatic heterocycles. The van der Waals surface area contributed by atoms with Gasteiger partial charge in [0.15, 0.2) is 0 Å². The topological polar surface area (TPSA) is 0 Å². The van der Waals surface area contributed by atoms with E-state index in [0.29, 0.717) is 5.92 Å². The Balaban J connectivity index is 2.21. The van der Waals surface area contributed by atoms with E-state index in [1.54, 1.807) is 0 Å². The summed E-state index contributed by atoms with van der Waals surface area (Å²) in [6, 6.07) is 20.8. The van der Waals surface area contributed by atoms with Gasteiger partial charge in [-0.1, -0.05) is 62.4 Å². The van der Waals surface area contributed by atoms with Gasteiger partial charge >= 0.3 is 0 Å². The molecule has 3 rings (SSSR count). The van der Waals surface area contributed by atoms with Crippen molar-refractivity contribution in [1.29, 1.82) is 0 Å². The number of fused-ring (bicyclic) bond motifs is 3. The Hall–Kier alpha value is -1.82. The van der Waals surface area contributed by atoms with Crippen molar-refractivity contribution in [2.75, 3.05) is 0 Å². The van der Waals surface area contributed by atoms with E-state index < -0.39 is 0 Å². The molecule has 0 aliphatic heterocycles. The average molecular weight is 233 g/mol. The minimum atomic E-state index is 0.691. The lowest BCUT2D eigenvalue weighted by molar-refractivity contribution is 0.648. The first-order valence-electron chi connectivity index (χ1n) is 6.56. The summed E-state index contributed by atoms with van der Waals surface area (Å²) in [5.41, 5.74) is 1.38. The van der Waals surface area contributed by atoms with Crippen LogP contribution in [0.4, 0.5) is 0 Å². The van der Waals surface area contributed by atoms with Crippen LogP contribution in [0, 0.1) is 12.0 Å². The fraction of sp³-hybridized carbons (Fsp3) is 0.222. The van der Waals surface area contributed by atoms with Crippen LogP contribution in [0.15, 0.2) is 48.5 Å². The summed E-state index contributed by atoms with van der Waals surface area (Å²) in [6.07, 6.45) is 1.12. The van der Waals surface area contributed by atoms with Crippen LogP contribution in [-0.4, -0.2) is 0 Å². The Morgan fingerprint density at radius 2 is 1.78 bits per heavy atom. The van der Waals surface area contributed by atoms with Crippen LogP contribution in [0.5, 0.6) is 0 Å². The molecule has 3 aromatic carbocycles. The van der Waals surface area contributed by atoms with Crippen molar-refractivity contribution in [3.8, 4) is 0 Å². The molecule has 0 atom stereocenters. The van der Waals surface area contributed by atoms with Crippen molar-refractivity contribution >= 4 is 21.5 Å². The summed E-state index contributed by atoms with van der Waals surface area (Å²) in [7, 11) is 0. The number of benzene rings is 3. The van der Waals surface area contributed by atoms with Crippen LogP contribution in [-0.2, 0) is 6.42 Å². The highest BCUT2D eigenvalue weighted by Crippen LogP contribution is 2.26. The molecule has 0 bridgehead atoms. The maximum Gasteiger partial charge on any atom is -0.00264 e. The molecule has 18 heavy (non-hydrogen) atoms. The Kier molecular flexibility index (Phi) is 2.79. The molecule has 0 heteroatoms. The molecule has 0 nitrogen and oxygen atoms in total. The van der Waals surface area contributed by atoms with Crippen LogP contribution >= 0.6 is 0 Å². The van der Waals surface area contributed by atoms with E-state index in [2.05, 4.69) is 68.4 Å². The number of hydrogen-bond donors (Lipinski definition) is 0. The van der Waals surface area contributed by atoms with Crippen LogP contribution in [0.25, 0.3) is 21.5 Å². The summed E-state index contributed by atoms with van der Waals surface area (Å²) >= 11 is 0. The fourth-order valence-corrected chi connectivity index (χ4v) is 2.57. The third kappa shape index (κ3) is 1.99. The molecule has 0 aliphatic rings. The van der Waals surface area contributed by atoms with Crippen LogP contribution in [0.2, 0.25) is 0 Å². The second-order valence-corrected chi connectivity index (χ2v) is 5.36. The average Bonchev–Trinajstić information content (AvgIpc) is 2.37. The lowest BCUT2D eigenvalue weighted by Crippen LogP contribution is -1.93. The summed E-state index contributed by atoms with van der Waals surface area (Å²) in [5, 5.41) is 5.12. The van der Waals surface area contributed by atoms with Crippen molar-refractivity contribution in [3.63, 3.8) is 0 Å². The first kappa shape index (κ1) is 11.3. The number of hydrogen-bond acceptors (Lipinski definition) is 0. The Morgan fingerprint density at radius 1 is 1.00 bits per heavy atom. The van der Waals surface area contributed by atoms with Gasteiger partial charge in [0, 0.05) is 0 Å². The van der Waals surface area contributed by atoms with Gasteiger partial charge in [-0.25, -0.2) is 0 Å². The van der Waals surface area contributed by atoms with Gasteiger partial charge in [0.05, 0.1) is 0 Å². The molecule has 1 radical (unpaired) electrons. The molecule has 0 aliphatic carbocycles. The number of rotatable bonds is 2. The van der Waals surface area contributed by atoms with Crippen LogP contribution in [0.3, 0.4) is 0 Å². The van der Waals surface area contributed by atoms with Crippen LogP contribution in [0.1, 0.15) is 19.4 Å². The lowest BCUT2D eigenvalue weighted by atomic mass is 9.97. The van der Waals surface area contributed by atoms with Gasteiger partial charge in [-0.2, -0.15) is 0 Å². The summed E-state index contributed by atoms with van der Waals surface area (Å²) < 4.78 is 0. The fourth-order valence-electron chi connectivity index (χ4n) is 2.57. The van der Waals surface area contributed by atoms with Gasteiger partial charge in [-0.05, 0) is 45.5 Å². The third-order valence-corrected chi connectivity index (χ3v) is 3.35. The van der Waals surface area contributed by atoms with Gasteiger partial charge in [-0.3, -0.25) is 0 Å². The molecule has 0 fully saturated rings. The summed E-state index contributed by atoms with van der Waals surface area (Å²) in [4.78, 5) is 0. The van der Waals surface area contributed by atoms with E-state index in [4.69, 9.17) is 0 Å². The largest absolute Gasteiger partial charge is 0.0625 e. The van der Waals surface area contributed by atoms with Crippen LogP contribution < -0.4 is 0 Å².